The second-order valence-electron chi connectivity index (χ2n) is 24.1. The summed E-state index contributed by atoms with van der Waals surface area (Å²) in [6, 6.07) is 34.7. The number of benzene rings is 5. The van der Waals surface area contributed by atoms with E-state index in [1.807, 2.05) is 11.3 Å². The first-order chi connectivity index (χ1) is 28.4. The Hall–Kier alpha value is -4.28. The van der Waals surface area contributed by atoms with Crippen molar-refractivity contribution >= 4 is 78.0 Å². The van der Waals surface area contributed by atoms with E-state index in [1.54, 1.807) is 0 Å². The molecule has 10 rings (SSSR count). The maximum absolute atomic E-state index is 2.70. The monoisotopic (exact) mass is 823 g/mol. The zero-order chi connectivity index (χ0) is 43.6. The highest BCUT2D eigenvalue weighted by atomic mass is 32.1. The number of hydrogen-bond acceptors (Lipinski definition) is 3. The topological polar surface area (TPSA) is 6.48 Å². The van der Waals surface area contributed by atoms with Crippen molar-refractivity contribution in [2.45, 2.75) is 162 Å². The molecular weight excluding hydrogens is 756 g/mol. The Balaban J connectivity index is 1.33. The molecule has 0 saturated heterocycles. The zero-order valence-electron chi connectivity index (χ0n) is 39.8. The van der Waals surface area contributed by atoms with Crippen LogP contribution in [0.4, 0.5) is 34.1 Å². The van der Waals surface area contributed by atoms with Crippen LogP contribution in [-0.2, 0) is 32.5 Å². The van der Waals surface area contributed by atoms with Gasteiger partial charge in [0.2, 0.25) is 0 Å². The number of aryl methyl sites for hydroxylation is 1. The molecule has 6 aromatic rings. The summed E-state index contributed by atoms with van der Waals surface area (Å²) in [7, 11) is 0. The summed E-state index contributed by atoms with van der Waals surface area (Å²) in [5.74, 6) is 0. The van der Waals surface area contributed by atoms with Crippen LogP contribution >= 0.6 is 11.3 Å². The molecule has 0 bridgehead atoms. The summed E-state index contributed by atoms with van der Waals surface area (Å²) in [5.41, 5.74) is 21.4. The Morgan fingerprint density at radius 3 is 1.61 bits per heavy atom. The molecular formula is C57H67BN2S. The van der Waals surface area contributed by atoms with E-state index in [0.29, 0.717) is 0 Å². The van der Waals surface area contributed by atoms with Gasteiger partial charge in [-0.05, 0) is 163 Å². The quantitative estimate of drug-likeness (QED) is 0.160. The lowest BCUT2D eigenvalue weighted by Gasteiger charge is -2.47. The van der Waals surface area contributed by atoms with Gasteiger partial charge in [-0.3, -0.25) is 0 Å². The van der Waals surface area contributed by atoms with Crippen LogP contribution in [-0.4, -0.2) is 6.71 Å². The zero-order valence-corrected chi connectivity index (χ0v) is 40.6. The van der Waals surface area contributed by atoms with Crippen molar-refractivity contribution in [2.75, 3.05) is 9.80 Å². The highest BCUT2D eigenvalue weighted by molar-refractivity contribution is 7.33. The van der Waals surface area contributed by atoms with Crippen LogP contribution in [0.5, 0.6) is 0 Å². The Morgan fingerprint density at radius 1 is 0.508 bits per heavy atom. The molecule has 2 aliphatic heterocycles. The predicted molar refractivity (Wildman–Crippen MR) is 269 cm³/mol. The summed E-state index contributed by atoms with van der Waals surface area (Å²) < 4.78 is 2.84. The second-order valence-corrected chi connectivity index (χ2v) is 25.2. The van der Waals surface area contributed by atoms with Crippen molar-refractivity contribution in [1.82, 2.24) is 0 Å². The lowest BCUT2D eigenvalue weighted by Crippen LogP contribution is -2.61. The third-order valence-electron chi connectivity index (χ3n) is 15.7. The van der Waals surface area contributed by atoms with Crippen molar-refractivity contribution < 1.29 is 0 Å². The first kappa shape index (κ1) is 40.8. The van der Waals surface area contributed by atoms with Crippen LogP contribution in [0.15, 0.2) is 84.9 Å². The van der Waals surface area contributed by atoms with E-state index in [2.05, 4.69) is 199 Å². The molecule has 3 heterocycles. The van der Waals surface area contributed by atoms with E-state index >= 15 is 0 Å². The molecule has 1 aromatic heterocycles. The smallest absolute Gasteiger partial charge is 0.264 e. The highest BCUT2D eigenvalue weighted by Gasteiger charge is 2.48. The average Bonchev–Trinajstić information content (AvgIpc) is 3.56. The van der Waals surface area contributed by atoms with E-state index in [0.717, 1.165) is 0 Å². The normalized spacial score (nSPS) is 19.2. The molecule has 0 amide bonds. The number of hydrogen-bond donors (Lipinski definition) is 0. The Morgan fingerprint density at radius 2 is 1.02 bits per heavy atom. The van der Waals surface area contributed by atoms with Crippen molar-refractivity contribution in [3.63, 3.8) is 0 Å². The first-order valence-electron chi connectivity index (χ1n) is 23.1. The van der Waals surface area contributed by atoms with Gasteiger partial charge in [-0.1, -0.05) is 133 Å². The van der Waals surface area contributed by atoms with Gasteiger partial charge in [0.05, 0.1) is 5.69 Å². The molecule has 2 aliphatic carbocycles. The number of nitrogens with zero attached hydrogens (tertiary/aromatic N) is 2. The van der Waals surface area contributed by atoms with Gasteiger partial charge in [-0.15, -0.1) is 11.3 Å². The first-order valence-corrected chi connectivity index (χ1v) is 24.0. The van der Waals surface area contributed by atoms with Crippen molar-refractivity contribution in [2.24, 2.45) is 0 Å². The van der Waals surface area contributed by atoms with Gasteiger partial charge < -0.3 is 9.80 Å². The summed E-state index contributed by atoms with van der Waals surface area (Å²) in [4.78, 5) is 5.34. The van der Waals surface area contributed by atoms with Crippen LogP contribution in [0.25, 0.3) is 10.1 Å². The fraction of sp³-hybridized carbons (Fsp3) is 0.439. The largest absolute Gasteiger partial charge is 0.311 e. The van der Waals surface area contributed by atoms with E-state index in [-0.39, 0.29) is 39.2 Å². The number of thiophene rings is 1. The SMILES string of the molecule is Cc1cc2c3c(c1)N(c1ccc(C(C)(C)C)cc1)c1c(sc4cc(C(C)(C)C)ccc14)B3c1cc3c(cc1N2c1ccc2c(c1)C(C)(C)CCC2(C)C)C(C)(C)CCC3(C)C. The molecule has 2 nitrogen and oxygen atoms in total. The van der Waals surface area contributed by atoms with Gasteiger partial charge in [0.25, 0.3) is 6.71 Å². The van der Waals surface area contributed by atoms with Gasteiger partial charge in [-0.2, -0.15) is 0 Å². The summed E-state index contributed by atoms with van der Waals surface area (Å²) >= 11 is 2.03. The van der Waals surface area contributed by atoms with E-state index in [9.17, 15) is 0 Å². The molecule has 0 unspecified atom stereocenters. The molecule has 0 atom stereocenters. The fourth-order valence-electron chi connectivity index (χ4n) is 11.5. The Labute approximate surface area is 371 Å². The molecule has 4 aliphatic rings. The molecule has 4 heteroatoms. The third-order valence-corrected chi connectivity index (χ3v) is 16.9. The van der Waals surface area contributed by atoms with E-state index < -0.39 is 0 Å². The van der Waals surface area contributed by atoms with Crippen LogP contribution in [0.1, 0.15) is 162 Å². The molecule has 5 aromatic carbocycles. The maximum Gasteiger partial charge on any atom is 0.264 e. The van der Waals surface area contributed by atoms with Gasteiger partial charge in [0, 0.05) is 43.3 Å². The molecule has 0 saturated carbocycles. The van der Waals surface area contributed by atoms with Crippen LogP contribution in [0.2, 0.25) is 0 Å². The van der Waals surface area contributed by atoms with Crippen molar-refractivity contribution in [3.8, 4) is 0 Å². The maximum atomic E-state index is 2.70. The Bertz CT molecular complexity index is 2800. The number of fused-ring (bicyclic) bond motifs is 8. The van der Waals surface area contributed by atoms with E-state index in [1.165, 1.54) is 125 Å². The lowest BCUT2D eigenvalue weighted by molar-refractivity contribution is 0.332. The van der Waals surface area contributed by atoms with Crippen LogP contribution in [0.3, 0.4) is 0 Å². The standard InChI is InChI=1S/C57H67BN2S/c1-34-28-46-49-47(29-34)60(37-19-16-35(17-20-37)52(2,3)4)50-39-22-18-36(53(5,6)7)30-48(39)61-51(50)58(49)44-32-42-43(57(14,15)27-26-56(42,12)13)33-45(44)59(46)38-21-23-40-41(31-38)55(10,11)25-24-54(40,8)9/h16-23,28-33H,24-27H2,1-15H3. The summed E-state index contributed by atoms with van der Waals surface area (Å²) in [5, 5.41) is 1.35. The van der Waals surface area contributed by atoms with Gasteiger partial charge in [0.1, 0.15) is 0 Å². The van der Waals surface area contributed by atoms with Crippen molar-refractivity contribution in [3.05, 3.63) is 124 Å². The molecule has 61 heavy (non-hydrogen) atoms. The summed E-state index contributed by atoms with van der Waals surface area (Å²) in [6.07, 6.45) is 4.79. The molecule has 0 radical (unpaired) electrons. The molecule has 0 fully saturated rings. The minimum Gasteiger partial charge on any atom is -0.311 e. The van der Waals surface area contributed by atoms with Gasteiger partial charge >= 0.3 is 0 Å². The Kier molecular flexibility index (Phi) is 8.63. The minimum absolute atomic E-state index is 0.0580. The van der Waals surface area contributed by atoms with Crippen LogP contribution in [0, 0.1) is 6.92 Å². The average molecular weight is 823 g/mol. The lowest BCUT2D eigenvalue weighted by atomic mass is 9.35. The highest BCUT2D eigenvalue weighted by Crippen LogP contribution is 2.54. The van der Waals surface area contributed by atoms with Gasteiger partial charge in [0.15, 0.2) is 0 Å². The van der Waals surface area contributed by atoms with Crippen molar-refractivity contribution in [1.29, 1.82) is 0 Å². The fourth-order valence-corrected chi connectivity index (χ4v) is 12.9. The number of rotatable bonds is 2. The van der Waals surface area contributed by atoms with Gasteiger partial charge in [-0.25, -0.2) is 0 Å². The second kappa shape index (κ2) is 12.9. The molecule has 314 valence electrons. The minimum atomic E-state index is 0.0580. The van der Waals surface area contributed by atoms with E-state index in [4.69, 9.17) is 0 Å². The molecule has 0 N–H and O–H groups in total. The predicted octanol–water partition coefficient (Wildman–Crippen LogP) is 14.6. The summed E-state index contributed by atoms with van der Waals surface area (Å²) in [6.45, 7) is 36.2. The molecule has 0 spiro atoms. The van der Waals surface area contributed by atoms with Crippen LogP contribution < -0.4 is 25.5 Å². The number of anilines is 6. The third kappa shape index (κ3) is 6.15.